The van der Waals surface area contributed by atoms with Crippen molar-refractivity contribution < 1.29 is 37.5 Å². The second-order valence-electron chi connectivity index (χ2n) is 24.5. The van der Waals surface area contributed by atoms with Gasteiger partial charge in [-0.1, -0.05) is 55.7 Å². The molecule has 5 amide bonds. The average Bonchev–Trinajstić information content (AvgIpc) is 3.47. The highest BCUT2D eigenvalue weighted by Crippen LogP contribution is 2.65. The number of rotatable bonds is 13. The second-order valence-corrected chi connectivity index (χ2v) is 24.5. The molecule has 2 unspecified atom stereocenters. The summed E-state index contributed by atoms with van der Waals surface area (Å²) in [6.45, 7) is 5.51. The molecule has 4 aliphatic heterocycles. The molecular weight excluding hydrogens is 995 g/mol. The van der Waals surface area contributed by atoms with Crippen LogP contribution in [0, 0.1) is 40.7 Å². The Morgan fingerprint density at radius 3 is 2.04 bits per heavy atom. The average molecular weight is 1070 g/mol. The summed E-state index contributed by atoms with van der Waals surface area (Å²) in [6.07, 6.45) is 13.8. The number of nitrogens with zero attached hydrogens (tertiary/aromatic N) is 6. The zero-order valence-electron chi connectivity index (χ0n) is 44.8. The number of ether oxygens (including phenoxy) is 1. The minimum absolute atomic E-state index is 0.00155. The third-order valence-electron chi connectivity index (χ3n) is 19.4. The van der Waals surface area contributed by atoms with Gasteiger partial charge in [0.1, 0.15) is 17.7 Å². The van der Waals surface area contributed by atoms with Crippen molar-refractivity contribution in [2.24, 2.45) is 29.1 Å². The molecule has 78 heavy (non-hydrogen) atoms. The lowest BCUT2D eigenvalue weighted by atomic mass is 9.44. The number of aromatic amines is 1. The summed E-state index contributed by atoms with van der Waals surface area (Å²) >= 11 is 0. The van der Waals surface area contributed by atoms with Gasteiger partial charge in [-0.25, -0.2) is 13.9 Å². The number of piperidine rings is 3. The van der Waals surface area contributed by atoms with Crippen LogP contribution in [0.25, 0.3) is 10.8 Å². The number of nitrogens with one attached hydrogen (secondary N) is 2. The van der Waals surface area contributed by atoms with Gasteiger partial charge < -0.3 is 29.7 Å². The third kappa shape index (κ3) is 10.7. The molecule has 0 radical (unpaired) electrons. The number of benzene rings is 3. The van der Waals surface area contributed by atoms with Crippen molar-refractivity contribution in [3.63, 3.8) is 0 Å². The normalized spacial score (nSPS) is 26.5. The summed E-state index contributed by atoms with van der Waals surface area (Å²) in [7, 11) is 0. The molecule has 4 saturated heterocycles. The second kappa shape index (κ2) is 22.2. The fourth-order valence-electron chi connectivity index (χ4n) is 15.0. The zero-order chi connectivity index (χ0) is 53.7. The van der Waals surface area contributed by atoms with Crippen LogP contribution in [0.1, 0.15) is 140 Å². The van der Waals surface area contributed by atoms with Crippen molar-refractivity contribution >= 4 is 40.3 Å². The molecule has 13 rings (SSSR count). The van der Waals surface area contributed by atoms with E-state index in [1.165, 1.54) is 6.07 Å². The van der Waals surface area contributed by atoms with Crippen LogP contribution >= 0.6 is 0 Å². The number of piperazine rings is 1. The van der Waals surface area contributed by atoms with Crippen LogP contribution in [0.5, 0.6) is 0 Å². The molecule has 2 N–H and O–H groups in total. The van der Waals surface area contributed by atoms with E-state index in [0.29, 0.717) is 117 Å². The minimum Gasteiger partial charge on any atom is -0.375 e. The van der Waals surface area contributed by atoms with Crippen molar-refractivity contribution in [2.75, 3.05) is 72.0 Å². The van der Waals surface area contributed by atoms with E-state index >= 15 is 8.78 Å². The molecular formula is C61H74F2N8O7. The first-order valence-corrected chi connectivity index (χ1v) is 29.2. The lowest BCUT2D eigenvalue weighted by Gasteiger charge is -2.62. The molecule has 1 aromatic heterocycles. The smallest absolute Gasteiger partial charge is 0.272 e. The van der Waals surface area contributed by atoms with Crippen LogP contribution in [-0.4, -0.2) is 154 Å². The van der Waals surface area contributed by atoms with Crippen molar-refractivity contribution in [3.05, 3.63) is 111 Å². The van der Waals surface area contributed by atoms with E-state index < -0.39 is 29.5 Å². The maximum Gasteiger partial charge on any atom is 0.272 e. The highest BCUT2D eigenvalue weighted by Gasteiger charge is 2.62. The first-order chi connectivity index (χ1) is 37.8. The van der Waals surface area contributed by atoms with Crippen LogP contribution in [0.4, 0.5) is 8.78 Å². The Bertz CT molecular complexity index is 2960. The number of carbonyl (C=O) groups excluding carboxylic acids is 5. The monoisotopic (exact) mass is 1070 g/mol. The SMILES string of the molecule is O=C(N[C@@H](C(=O)N1CCC(OC2CCN(CC(=O)N3CCN(C(=O)c4cc(Cc5n[nH]c(=O)c6ccccc56)ccc4F)CC3)CC2)CC1)C1CCCCC1)c1cccc(C2CC3C[C@@H](C2)CN(C(=O)C24CC(C2)C4)C3)c1F. The highest BCUT2D eigenvalue weighted by atomic mass is 19.1. The summed E-state index contributed by atoms with van der Waals surface area (Å²) in [5, 5.41) is 11.1. The van der Waals surface area contributed by atoms with Gasteiger partial charge in [0, 0.05) is 77.3 Å². The predicted molar refractivity (Wildman–Crippen MR) is 288 cm³/mol. The molecule has 3 aromatic carbocycles. The third-order valence-corrected chi connectivity index (χ3v) is 19.4. The van der Waals surface area contributed by atoms with Crippen LogP contribution in [0.15, 0.2) is 65.5 Å². The molecule has 17 heteroatoms. The lowest BCUT2D eigenvalue weighted by molar-refractivity contribution is -0.180. The number of hydrogen-bond acceptors (Lipinski definition) is 9. The number of fused-ring (bicyclic) bond motifs is 3. The number of aromatic nitrogens is 2. The fourth-order valence-corrected chi connectivity index (χ4v) is 15.0. The number of H-pyrrole nitrogens is 1. The number of amides is 5. The van der Waals surface area contributed by atoms with Crippen LogP contribution in [-0.2, 0) is 25.5 Å². The molecule has 5 heterocycles. The number of hydrogen-bond donors (Lipinski definition) is 2. The minimum atomic E-state index is -0.732. The van der Waals surface area contributed by atoms with Gasteiger partial charge in [-0.15, -0.1) is 0 Å². The van der Waals surface area contributed by atoms with Crippen LogP contribution in [0.2, 0.25) is 0 Å². The van der Waals surface area contributed by atoms with E-state index in [1.54, 1.807) is 46.2 Å². The Labute approximate surface area is 454 Å². The summed E-state index contributed by atoms with van der Waals surface area (Å²) in [5.74, 6) is -0.435. The predicted octanol–water partition coefficient (Wildman–Crippen LogP) is 7.07. The summed E-state index contributed by atoms with van der Waals surface area (Å²) < 4.78 is 38.4. The first kappa shape index (κ1) is 52.6. The summed E-state index contributed by atoms with van der Waals surface area (Å²) in [6, 6.07) is 16.0. The number of halogens is 2. The van der Waals surface area contributed by atoms with E-state index in [4.69, 9.17) is 4.74 Å². The molecule has 4 aromatic rings. The number of carbonyl (C=O) groups is 5. The van der Waals surface area contributed by atoms with Gasteiger partial charge in [0.25, 0.3) is 17.4 Å². The molecule has 4 atom stereocenters. The van der Waals surface area contributed by atoms with Gasteiger partial charge in [0.05, 0.1) is 46.4 Å². The fraction of sp³-hybridized carbons (Fsp3) is 0.590. The summed E-state index contributed by atoms with van der Waals surface area (Å²) in [4.78, 5) is 91.0. The first-order valence-electron chi connectivity index (χ1n) is 29.2. The molecule has 414 valence electrons. The van der Waals surface area contributed by atoms with Gasteiger partial charge in [0.15, 0.2) is 0 Å². The Kier molecular flexibility index (Phi) is 15.0. The maximum absolute atomic E-state index is 16.6. The van der Waals surface area contributed by atoms with Gasteiger partial charge in [0.2, 0.25) is 17.7 Å². The Morgan fingerprint density at radius 1 is 0.692 bits per heavy atom. The van der Waals surface area contributed by atoms with E-state index in [0.717, 1.165) is 102 Å². The number of likely N-dealkylation sites (tertiary alicyclic amines) is 3. The molecule has 5 saturated carbocycles. The zero-order valence-corrected chi connectivity index (χ0v) is 44.8. The van der Waals surface area contributed by atoms with E-state index in [1.807, 2.05) is 23.1 Å². The highest BCUT2D eigenvalue weighted by molar-refractivity contribution is 5.98. The topological polar surface area (TPSA) is 169 Å². The van der Waals surface area contributed by atoms with E-state index in [2.05, 4.69) is 25.3 Å². The van der Waals surface area contributed by atoms with E-state index in [9.17, 15) is 28.8 Å². The van der Waals surface area contributed by atoms with Crippen LogP contribution in [0.3, 0.4) is 0 Å². The maximum atomic E-state index is 16.6. The van der Waals surface area contributed by atoms with Gasteiger partial charge >= 0.3 is 0 Å². The Balaban J connectivity index is 0.585. The van der Waals surface area contributed by atoms with Gasteiger partial charge in [-0.2, -0.15) is 5.10 Å². The standard InChI is InChI=1S/C61H74F2N8O7/c62-51-14-13-38(31-52-47-9-4-5-10-48(47)57(74)66-65-52)30-50(51)58(75)70-25-23-68(24-26-70)53(72)37-67-19-15-44(16-20-67)78-45-17-21-69(22-18-45)59(76)55(42-7-2-1-3-8-42)64-56(73)49-12-6-11-46(54(49)63)43-28-39-27-40(29-43)36-71(35-39)60(77)61-32-41(33-61)34-61/h4-6,9-14,30,39-45,55H,1-3,7-8,15-29,31-37H2,(H,64,73)(H,66,74)/t39-,40?,41?,43?,55+,61?/m0/s1. The molecule has 15 nitrogen and oxygen atoms in total. The Morgan fingerprint density at radius 2 is 1.36 bits per heavy atom. The largest absolute Gasteiger partial charge is 0.375 e. The van der Waals surface area contributed by atoms with Crippen molar-refractivity contribution in [1.82, 2.24) is 40.0 Å². The Hall–Kier alpha value is -6.07. The van der Waals surface area contributed by atoms with Crippen LogP contribution < -0.4 is 10.9 Å². The molecule has 9 aliphatic rings. The van der Waals surface area contributed by atoms with Crippen molar-refractivity contribution in [3.8, 4) is 0 Å². The lowest BCUT2D eigenvalue weighted by Crippen LogP contribution is -2.63. The molecule has 5 aliphatic carbocycles. The molecule has 0 spiro atoms. The van der Waals surface area contributed by atoms with Gasteiger partial charge in [-0.3, -0.25) is 33.7 Å². The summed E-state index contributed by atoms with van der Waals surface area (Å²) in [5.41, 5.74) is 1.47. The van der Waals surface area contributed by atoms with Crippen molar-refractivity contribution in [1.29, 1.82) is 0 Å². The van der Waals surface area contributed by atoms with Crippen molar-refractivity contribution in [2.45, 2.75) is 127 Å². The molecule has 4 bridgehead atoms. The van der Waals surface area contributed by atoms with E-state index in [-0.39, 0.29) is 64.5 Å². The van der Waals surface area contributed by atoms with Gasteiger partial charge in [-0.05, 0) is 142 Å². The quantitative estimate of drug-likeness (QED) is 0.142. The molecule has 9 fully saturated rings.